The Kier molecular flexibility index (Phi) is 5.74. The monoisotopic (exact) mass is 282 g/mol. The Hall–Kier alpha value is -1.36. The van der Waals surface area contributed by atoms with Crippen molar-refractivity contribution in [1.29, 1.82) is 0 Å². The first-order valence-corrected chi connectivity index (χ1v) is 7.24. The third kappa shape index (κ3) is 4.07. The summed E-state index contributed by atoms with van der Waals surface area (Å²) < 4.78 is 5.10. The van der Waals surface area contributed by atoms with E-state index in [1.807, 2.05) is 34.6 Å². The Morgan fingerprint density at radius 2 is 2.00 bits per heavy atom. The minimum atomic E-state index is -0.807. The number of nitrogens with one attached hydrogen (secondary N) is 1. The summed E-state index contributed by atoms with van der Waals surface area (Å²) in [4.78, 5) is 12.1. The fourth-order valence-corrected chi connectivity index (χ4v) is 2.12. The molecule has 0 fully saturated rings. The van der Waals surface area contributed by atoms with Crippen LogP contribution in [0.2, 0.25) is 0 Å². The average Bonchev–Trinajstić information content (AvgIpc) is 2.76. The van der Waals surface area contributed by atoms with Crippen LogP contribution in [0.4, 0.5) is 0 Å². The number of carbonyl (C=O) groups excluding carboxylic acids is 1. The molecule has 1 aromatic rings. The molecular weight excluding hydrogens is 256 g/mol. The predicted octanol–water partition coefficient (Wildman–Crippen LogP) is 2.14. The van der Waals surface area contributed by atoms with E-state index in [4.69, 9.17) is 4.52 Å². The molecule has 0 aliphatic carbocycles. The molecule has 0 aromatic carbocycles. The van der Waals surface area contributed by atoms with Gasteiger partial charge in [0.2, 0.25) is 5.91 Å². The third-order valence-electron chi connectivity index (χ3n) is 4.05. The molecule has 1 atom stereocenters. The van der Waals surface area contributed by atoms with Crippen molar-refractivity contribution < 1.29 is 14.4 Å². The van der Waals surface area contributed by atoms with Crippen molar-refractivity contribution in [3.05, 3.63) is 17.0 Å². The van der Waals surface area contributed by atoms with E-state index in [0.29, 0.717) is 25.8 Å². The predicted molar refractivity (Wildman–Crippen MR) is 77.4 cm³/mol. The smallest absolute Gasteiger partial charge is 0.223 e. The fourth-order valence-electron chi connectivity index (χ4n) is 2.12. The Balaban J connectivity index is 2.56. The van der Waals surface area contributed by atoms with Gasteiger partial charge in [-0.2, -0.15) is 0 Å². The maximum Gasteiger partial charge on any atom is 0.223 e. The highest BCUT2D eigenvalue weighted by atomic mass is 16.5. The van der Waals surface area contributed by atoms with Crippen LogP contribution >= 0.6 is 0 Å². The zero-order chi connectivity index (χ0) is 15.3. The maximum atomic E-state index is 12.1. The van der Waals surface area contributed by atoms with Crippen molar-refractivity contribution in [2.75, 3.05) is 6.54 Å². The number of rotatable bonds is 7. The molecule has 5 heteroatoms. The van der Waals surface area contributed by atoms with Gasteiger partial charge in [0, 0.05) is 18.0 Å². The zero-order valence-corrected chi connectivity index (χ0v) is 13.1. The molecule has 0 aliphatic rings. The maximum absolute atomic E-state index is 12.1. The number of aromatic nitrogens is 1. The first-order valence-electron chi connectivity index (χ1n) is 7.24. The normalized spacial score (nSPS) is 13.3. The molecule has 5 nitrogen and oxygen atoms in total. The molecule has 0 spiro atoms. The van der Waals surface area contributed by atoms with E-state index in [9.17, 15) is 9.90 Å². The lowest BCUT2D eigenvalue weighted by Crippen LogP contribution is -2.43. The SMILES string of the molecule is CCC(O)(CC)CNC(=O)C(C)Cc1c(C)noc1C. The van der Waals surface area contributed by atoms with E-state index in [2.05, 4.69) is 10.5 Å². The van der Waals surface area contributed by atoms with Crippen molar-refractivity contribution in [2.45, 2.75) is 59.5 Å². The number of hydrogen-bond donors (Lipinski definition) is 2. The number of aryl methyl sites for hydroxylation is 2. The third-order valence-corrected chi connectivity index (χ3v) is 4.05. The van der Waals surface area contributed by atoms with Gasteiger partial charge >= 0.3 is 0 Å². The molecule has 1 unspecified atom stereocenters. The first kappa shape index (κ1) is 16.7. The Morgan fingerprint density at radius 3 is 2.45 bits per heavy atom. The molecule has 0 radical (unpaired) electrons. The lowest BCUT2D eigenvalue weighted by molar-refractivity contribution is -0.125. The molecule has 1 heterocycles. The van der Waals surface area contributed by atoms with E-state index in [0.717, 1.165) is 17.0 Å². The summed E-state index contributed by atoms with van der Waals surface area (Å²) in [7, 11) is 0. The minimum Gasteiger partial charge on any atom is -0.388 e. The van der Waals surface area contributed by atoms with Crippen molar-refractivity contribution in [1.82, 2.24) is 10.5 Å². The number of amides is 1. The van der Waals surface area contributed by atoms with Crippen LogP contribution in [0.15, 0.2) is 4.52 Å². The highest BCUT2D eigenvalue weighted by molar-refractivity contribution is 5.78. The van der Waals surface area contributed by atoms with E-state index >= 15 is 0 Å². The lowest BCUT2D eigenvalue weighted by Gasteiger charge is -2.26. The zero-order valence-electron chi connectivity index (χ0n) is 13.1. The quantitative estimate of drug-likeness (QED) is 0.803. The molecule has 2 N–H and O–H groups in total. The molecule has 114 valence electrons. The summed E-state index contributed by atoms with van der Waals surface area (Å²) in [5, 5.41) is 16.9. The van der Waals surface area contributed by atoms with Gasteiger partial charge in [-0.15, -0.1) is 0 Å². The van der Waals surface area contributed by atoms with Gasteiger partial charge in [0.25, 0.3) is 0 Å². The van der Waals surface area contributed by atoms with E-state index in [1.54, 1.807) is 0 Å². The summed E-state index contributed by atoms with van der Waals surface area (Å²) in [6.07, 6.45) is 1.85. The van der Waals surface area contributed by atoms with Crippen LogP contribution in [0.25, 0.3) is 0 Å². The Labute approximate surface area is 120 Å². The van der Waals surface area contributed by atoms with Crippen molar-refractivity contribution in [3.63, 3.8) is 0 Å². The van der Waals surface area contributed by atoms with E-state index in [-0.39, 0.29) is 11.8 Å². The van der Waals surface area contributed by atoms with Gasteiger partial charge in [0.15, 0.2) is 0 Å². The second-order valence-corrected chi connectivity index (χ2v) is 5.56. The average molecular weight is 282 g/mol. The standard InChI is InChI=1S/C15H26N2O3/c1-6-15(19,7-2)9-16-14(18)10(3)8-13-11(4)17-20-12(13)5/h10,19H,6-9H2,1-5H3,(H,16,18). The Bertz CT molecular complexity index is 430. The second-order valence-electron chi connectivity index (χ2n) is 5.56. The molecule has 0 aliphatic heterocycles. The molecule has 0 saturated carbocycles. The summed E-state index contributed by atoms with van der Waals surface area (Å²) in [5.41, 5.74) is 1.02. The van der Waals surface area contributed by atoms with Gasteiger partial charge in [0.05, 0.1) is 11.3 Å². The molecular formula is C15H26N2O3. The van der Waals surface area contributed by atoms with Crippen LogP contribution in [-0.2, 0) is 11.2 Å². The fraction of sp³-hybridized carbons (Fsp3) is 0.733. The Morgan fingerprint density at radius 1 is 1.40 bits per heavy atom. The van der Waals surface area contributed by atoms with Crippen molar-refractivity contribution in [3.8, 4) is 0 Å². The van der Waals surface area contributed by atoms with E-state index < -0.39 is 5.60 Å². The minimum absolute atomic E-state index is 0.0506. The molecule has 20 heavy (non-hydrogen) atoms. The highest BCUT2D eigenvalue weighted by Crippen LogP contribution is 2.18. The molecule has 1 amide bonds. The molecule has 0 bridgehead atoms. The lowest BCUT2D eigenvalue weighted by atomic mass is 9.96. The van der Waals surface area contributed by atoms with Crippen LogP contribution < -0.4 is 5.32 Å². The summed E-state index contributed by atoms with van der Waals surface area (Å²) in [5.74, 6) is 0.538. The summed E-state index contributed by atoms with van der Waals surface area (Å²) >= 11 is 0. The van der Waals surface area contributed by atoms with Crippen LogP contribution in [-0.4, -0.2) is 28.3 Å². The van der Waals surface area contributed by atoms with Gasteiger partial charge in [0.1, 0.15) is 5.76 Å². The van der Waals surface area contributed by atoms with E-state index in [1.165, 1.54) is 0 Å². The first-order chi connectivity index (χ1) is 9.33. The number of aliphatic hydroxyl groups is 1. The van der Waals surface area contributed by atoms with Gasteiger partial charge in [-0.25, -0.2) is 0 Å². The van der Waals surface area contributed by atoms with Gasteiger partial charge in [-0.3, -0.25) is 4.79 Å². The van der Waals surface area contributed by atoms with Gasteiger partial charge in [-0.1, -0.05) is 25.9 Å². The van der Waals surface area contributed by atoms with Crippen molar-refractivity contribution >= 4 is 5.91 Å². The second kappa shape index (κ2) is 6.88. The van der Waals surface area contributed by atoms with Crippen LogP contribution in [0, 0.1) is 19.8 Å². The van der Waals surface area contributed by atoms with Crippen LogP contribution in [0.1, 0.15) is 50.6 Å². The highest BCUT2D eigenvalue weighted by Gasteiger charge is 2.25. The molecule has 0 saturated heterocycles. The van der Waals surface area contributed by atoms with Gasteiger partial charge in [-0.05, 0) is 33.1 Å². The topological polar surface area (TPSA) is 75.4 Å². The molecule has 1 rings (SSSR count). The van der Waals surface area contributed by atoms with Crippen LogP contribution in [0.5, 0.6) is 0 Å². The largest absolute Gasteiger partial charge is 0.388 e. The van der Waals surface area contributed by atoms with Gasteiger partial charge < -0.3 is 14.9 Å². The number of nitrogens with zero attached hydrogens (tertiary/aromatic N) is 1. The number of carbonyl (C=O) groups is 1. The number of hydrogen-bond acceptors (Lipinski definition) is 4. The molecule has 1 aromatic heterocycles. The summed E-state index contributed by atoms with van der Waals surface area (Å²) in [6, 6.07) is 0. The summed E-state index contributed by atoms with van der Waals surface area (Å²) in [6.45, 7) is 9.74. The van der Waals surface area contributed by atoms with Crippen molar-refractivity contribution in [2.24, 2.45) is 5.92 Å². The van der Waals surface area contributed by atoms with Crippen LogP contribution in [0.3, 0.4) is 0 Å².